The number of aliphatic hydroxyl groups is 1. The van der Waals surface area contributed by atoms with Crippen LogP contribution in [0.4, 0.5) is 0 Å². The molecule has 132 valence electrons. The summed E-state index contributed by atoms with van der Waals surface area (Å²) in [6, 6.07) is 19.7. The molecule has 0 spiro atoms. The van der Waals surface area contributed by atoms with Gasteiger partial charge in [-0.05, 0) is 45.7 Å². The fourth-order valence-electron chi connectivity index (χ4n) is 3.18. The number of ether oxygens (including phenoxy) is 1. The fraction of sp³-hybridized carbons (Fsp3) is 0.391. The zero-order chi connectivity index (χ0) is 17.5. The van der Waals surface area contributed by atoms with Crippen molar-refractivity contribution in [1.29, 1.82) is 0 Å². The van der Waals surface area contributed by atoms with E-state index in [2.05, 4.69) is 61.5 Å². The van der Waals surface area contributed by atoms with Gasteiger partial charge in [0.25, 0.3) is 0 Å². The first-order chi connectivity index (χ1) is 12.3. The molecular formula is C23H28O2. The summed E-state index contributed by atoms with van der Waals surface area (Å²) in [5.74, 6) is 0. The van der Waals surface area contributed by atoms with Crippen molar-refractivity contribution in [2.24, 2.45) is 0 Å². The van der Waals surface area contributed by atoms with Gasteiger partial charge in [-0.25, -0.2) is 0 Å². The van der Waals surface area contributed by atoms with E-state index in [4.69, 9.17) is 9.84 Å². The van der Waals surface area contributed by atoms with E-state index in [-0.39, 0.29) is 0 Å². The van der Waals surface area contributed by atoms with Crippen LogP contribution in [0, 0.1) is 0 Å². The average molecular weight is 336 g/mol. The summed E-state index contributed by atoms with van der Waals surface area (Å²) < 4.78 is 5.35. The first-order valence-electron chi connectivity index (χ1n) is 9.44. The van der Waals surface area contributed by atoms with Crippen LogP contribution >= 0.6 is 0 Å². The second-order valence-electron chi connectivity index (χ2n) is 6.78. The molecule has 1 aliphatic rings. The van der Waals surface area contributed by atoms with Gasteiger partial charge >= 0.3 is 0 Å². The van der Waals surface area contributed by atoms with Crippen molar-refractivity contribution in [2.45, 2.75) is 45.1 Å². The van der Waals surface area contributed by atoms with Crippen LogP contribution in [0.5, 0.6) is 0 Å². The van der Waals surface area contributed by atoms with Crippen molar-refractivity contribution in [1.82, 2.24) is 0 Å². The lowest BCUT2D eigenvalue weighted by Gasteiger charge is -2.07. The summed E-state index contributed by atoms with van der Waals surface area (Å²) in [7, 11) is 0. The van der Waals surface area contributed by atoms with Crippen LogP contribution in [-0.2, 0) is 11.2 Å². The van der Waals surface area contributed by atoms with Crippen LogP contribution in [0.25, 0.3) is 21.5 Å². The molecule has 0 amide bonds. The highest BCUT2D eigenvalue weighted by Crippen LogP contribution is 2.28. The van der Waals surface area contributed by atoms with Gasteiger partial charge in [0, 0.05) is 13.0 Å². The predicted octanol–water partition coefficient (Wildman–Crippen LogP) is 5.49. The van der Waals surface area contributed by atoms with Gasteiger partial charge in [-0.2, -0.15) is 0 Å². The van der Waals surface area contributed by atoms with Crippen LogP contribution in [0.1, 0.15) is 38.2 Å². The van der Waals surface area contributed by atoms with Crippen LogP contribution < -0.4 is 0 Å². The Balaban J connectivity index is 0.000000225. The molecule has 1 aliphatic heterocycles. The summed E-state index contributed by atoms with van der Waals surface area (Å²) >= 11 is 0. The van der Waals surface area contributed by atoms with E-state index in [0.717, 1.165) is 19.4 Å². The highest BCUT2D eigenvalue weighted by Gasteiger charge is 2.23. The topological polar surface area (TPSA) is 32.8 Å². The van der Waals surface area contributed by atoms with Crippen LogP contribution in [0.2, 0.25) is 0 Å². The molecule has 0 aromatic heterocycles. The van der Waals surface area contributed by atoms with Gasteiger partial charge in [0.1, 0.15) is 0 Å². The average Bonchev–Trinajstić information content (AvgIpc) is 3.46. The van der Waals surface area contributed by atoms with E-state index < -0.39 is 0 Å². The Morgan fingerprint density at radius 3 is 2.32 bits per heavy atom. The quantitative estimate of drug-likeness (QED) is 0.366. The Morgan fingerprint density at radius 2 is 1.64 bits per heavy atom. The van der Waals surface area contributed by atoms with Crippen molar-refractivity contribution >= 4 is 21.5 Å². The molecule has 3 aromatic rings. The van der Waals surface area contributed by atoms with Gasteiger partial charge in [-0.3, -0.25) is 0 Å². The Bertz CT molecular complexity index is 801. The molecule has 2 nitrogen and oxygen atoms in total. The Labute approximate surface area is 150 Å². The Hall–Kier alpha value is -1.90. The molecule has 3 aromatic carbocycles. The molecule has 1 N–H and O–H groups in total. The van der Waals surface area contributed by atoms with E-state index in [1.165, 1.54) is 46.4 Å². The Kier molecular flexibility index (Phi) is 6.43. The van der Waals surface area contributed by atoms with Crippen molar-refractivity contribution in [2.75, 3.05) is 13.2 Å². The van der Waals surface area contributed by atoms with E-state index in [9.17, 15) is 0 Å². The molecule has 4 rings (SSSR count). The monoisotopic (exact) mass is 336 g/mol. The molecule has 0 bridgehead atoms. The van der Waals surface area contributed by atoms with Crippen LogP contribution in [0.3, 0.4) is 0 Å². The van der Waals surface area contributed by atoms with Crippen molar-refractivity contribution in [3.63, 3.8) is 0 Å². The molecule has 1 heterocycles. The largest absolute Gasteiger partial charge is 0.396 e. The maximum absolute atomic E-state index is 8.29. The number of benzene rings is 3. The zero-order valence-electron chi connectivity index (χ0n) is 15.1. The summed E-state index contributed by atoms with van der Waals surface area (Å²) in [6.07, 6.45) is 6.17. The minimum Gasteiger partial charge on any atom is -0.396 e. The summed E-state index contributed by atoms with van der Waals surface area (Å²) in [6.45, 7) is 3.45. The van der Waals surface area contributed by atoms with Gasteiger partial charge < -0.3 is 9.84 Å². The van der Waals surface area contributed by atoms with Gasteiger partial charge in [0.2, 0.25) is 0 Å². The van der Waals surface area contributed by atoms with Crippen molar-refractivity contribution in [3.8, 4) is 0 Å². The lowest BCUT2D eigenvalue weighted by atomic mass is 9.97. The normalized spacial score (nSPS) is 15.8. The fourth-order valence-corrected chi connectivity index (χ4v) is 3.18. The van der Waals surface area contributed by atoms with E-state index in [1.54, 1.807) is 0 Å². The molecule has 25 heavy (non-hydrogen) atoms. The molecule has 0 aliphatic carbocycles. The smallest absolute Gasteiger partial charge is 0.0850 e. The van der Waals surface area contributed by atoms with Gasteiger partial charge in [-0.1, -0.05) is 68.7 Å². The molecule has 1 fully saturated rings. The van der Waals surface area contributed by atoms with Crippen LogP contribution in [0.15, 0.2) is 54.6 Å². The van der Waals surface area contributed by atoms with E-state index in [0.29, 0.717) is 12.7 Å². The molecular weight excluding hydrogens is 308 g/mol. The molecule has 1 atom stereocenters. The number of aliphatic hydroxyl groups excluding tert-OH is 1. The lowest BCUT2D eigenvalue weighted by molar-refractivity contribution is 0.283. The molecule has 2 heteroatoms. The van der Waals surface area contributed by atoms with Crippen molar-refractivity contribution in [3.05, 3.63) is 60.2 Å². The van der Waals surface area contributed by atoms with E-state index in [1.807, 2.05) is 0 Å². The SMILES string of the molecule is CCCCCCO.c1ccc2cc3c(CC4CO4)cccc3cc2c1. The number of epoxide rings is 1. The molecule has 0 radical (unpaired) electrons. The third-order valence-electron chi connectivity index (χ3n) is 4.70. The van der Waals surface area contributed by atoms with Gasteiger partial charge in [0.15, 0.2) is 0 Å². The summed E-state index contributed by atoms with van der Waals surface area (Å²) in [5, 5.41) is 13.6. The molecule has 0 saturated carbocycles. The first kappa shape index (κ1) is 17.9. The highest BCUT2D eigenvalue weighted by atomic mass is 16.6. The van der Waals surface area contributed by atoms with Crippen molar-refractivity contribution < 1.29 is 9.84 Å². The van der Waals surface area contributed by atoms with E-state index >= 15 is 0 Å². The minimum atomic E-state index is 0.361. The third-order valence-corrected chi connectivity index (χ3v) is 4.70. The number of unbranched alkanes of at least 4 members (excludes halogenated alkanes) is 3. The molecule has 1 unspecified atom stereocenters. The summed E-state index contributed by atoms with van der Waals surface area (Å²) in [5.41, 5.74) is 1.40. The molecule has 1 saturated heterocycles. The standard InChI is InChI=1S/C17H14O.C6H14O/c1-2-5-13-10-17-14(8-12(13)4-1)6-3-7-15(17)9-16-11-18-16;1-2-3-4-5-6-7/h1-8,10,16H,9,11H2;7H,2-6H2,1H3. The number of hydrogen-bond donors (Lipinski definition) is 1. The maximum Gasteiger partial charge on any atom is 0.0850 e. The van der Waals surface area contributed by atoms with Crippen LogP contribution in [-0.4, -0.2) is 24.4 Å². The number of hydrogen-bond acceptors (Lipinski definition) is 2. The third kappa shape index (κ3) is 5.04. The first-order valence-corrected chi connectivity index (χ1v) is 9.44. The maximum atomic E-state index is 8.29. The number of fused-ring (bicyclic) bond motifs is 2. The zero-order valence-corrected chi connectivity index (χ0v) is 15.1. The lowest BCUT2D eigenvalue weighted by Crippen LogP contribution is -1.94. The Morgan fingerprint density at radius 1 is 0.920 bits per heavy atom. The second-order valence-corrected chi connectivity index (χ2v) is 6.78. The predicted molar refractivity (Wildman–Crippen MR) is 106 cm³/mol. The summed E-state index contributed by atoms with van der Waals surface area (Å²) in [4.78, 5) is 0. The van der Waals surface area contributed by atoms with Gasteiger partial charge in [-0.15, -0.1) is 0 Å². The van der Waals surface area contributed by atoms with Gasteiger partial charge in [0.05, 0.1) is 12.7 Å². The highest BCUT2D eigenvalue weighted by molar-refractivity contribution is 5.99. The second kappa shape index (κ2) is 8.98. The number of rotatable bonds is 6. The minimum absolute atomic E-state index is 0.361.